The molecule has 7 nitrogen and oxygen atoms in total. The highest BCUT2D eigenvalue weighted by Crippen LogP contribution is 2.20. The van der Waals surface area contributed by atoms with Gasteiger partial charge in [-0.3, -0.25) is 4.90 Å². The molecule has 174 valence electrons. The minimum absolute atomic E-state index is 0.390. The summed E-state index contributed by atoms with van der Waals surface area (Å²) in [5, 5.41) is 2.19. The average molecular weight is 484 g/mol. The molecule has 0 spiro atoms. The van der Waals surface area contributed by atoms with Gasteiger partial charge in [0.1, 0.15) is 5.82 Å². The molecule has 3 aromatic rings. The first-order valence-electron chi connectivity index (χ1n) is 11.1. The number of hydrogen-bond acceptors (Lipinski definition) is 7. The van der Waals surface area contributed by atoms with Crippen LogP contribution in [-0.2, 0) is 16.4 Å². The molecule has 1 fully saturated rings. The highest BCUT2D eigenvalue weighted by atomic mass is 32.2. The lowest BCUT2D eigenvalue weighted by molar-refractivity contribution is 0.262. The first-order chi connectivity index (χ1) is 16.0. The molecule has 0 saturated carbocycles. The molecule has 1 aromatic heterocycles. The Labute approximate surface area is 200 Å². The summed E-state index contributed by atoms with van der Waals surface area (Å²) < 4.78 is 31.6. The summed E-state index contributed by atoms with van der Waals surface area (Å²) in [5.74, 6) is 0.860. The number of piperazine rings is 1. The number of nitrogens with zero attached hydrogens (tertiary/aromatic N) is 4. The van der Waals surface area contributed by atoms with Gasteiger partial charge in [0.25, 0.3) is 0 Å². The summed E-state index contributed by atoms with van der Waals surface area (Å²) >= 11 is 1.45. The second-order valence-electron chi connectivity index (χ2n) is 8.14. The van der Waals surface area contributed by atoms with E-state index in [1.807, 2.05) is 30.3 Å². The Morgan fingerprint density at radius 1 is 1.03 bits per heavy atom. The number of sulfonamides is 1. The average Bonchev–Trinajstić information content (AvgIpc) is 3.29. The number of benzene rings is 2. The van der Waals surface area contributed by atoms with Crippen LogP contribution in [0, 0.1) is 6.92 Å². The molecule has 0 amide bonds. The molecule has 0 radical (unpaired) electrons. The third-order valence-corrected chi connectivity index (χ3v) is 7.47. The fourth-order valence-electron chi connectivity index (χ4n) is 3.62. The molecule has 0 aliphatic carbocycles. The van der Waals surface area contributed by atoms with Crippen molar-refractivity contribution in [2.24, 2.45) is 0 Å². The summed E-state index contributed by atoms with van der Waals surface area (Å²) in [6, 6.07) is 17.9. The third-order valence-electron chi connectivity index (χ3n) is 5.55. The molecule has 4 rings (SSSR count). The zero-order valence-electron chi connectivity index (χ0n) is 18.7. The van der Waals surface area contributed by atoms with Gasteiger partial charge >= 0.3 is 0 Å². The molecular weight excluding hydrogens is 454 g/mol. The van der Waals surface area contributed by atoms with E-state index in [0.717, 1.165) is 49.1 Å². The van der Waals surface area contributed by atoms with Crippen molar-refractivity contribution in [2.75, 3.05) is 44.2 Å². The highest BCUT2D eigenvalue weighted by molar-refractivity contribution is 7.92. The maximum atomic E-state index is 12.2. The topological polar surface area (TPSA) is 78.4 Å². The summed E-state index contributed by atoms with van der Waals surface area (Å²) in [6.45, 7) is 6.62. The molecule has 0 atom stereocenters. The van der Waals surface area contributed by atoms with Crippen LogP contribution in [-0.4, -0.2) is 61.9 Å². The molecule has 2 aromatic carbocycles. The first kappa shape index (κ1) is 23.6. The van der Waals surface area contributed by atoms with Crippen LogP contribution in [0.3, 0.4) is 0 Å². The van der Waals surface area contributed by atoms with Crippen molar-refractivity contribution in [2.45, 2.75) is 13.3 Å². The van der Waals surface area contributed by atoms with E-state index in [9.17, 15) is 8.42 Å². The number of hydrogen-bond donors (Lipinski definition) is 1. The van der Waals surface area contributed by atoms with E-state index in [-0.39, 0.29) is 0 Å². The van der Waals surface area contributed by atoms with Gasteiger partial charge < -0.3 is 4.90 Å². The van der Waals surface area contributed by atoms with Crippen LogP contribution in [0.4, 0.5) is 5.13 Å². The molecule has 1 saturated heterocycles. The highest BCUT2D eigenvalue weighted by Gasteiger charge is 2.20. The van der Waals surface area contributed by atoms with E-state index < -0.39 is 10.0 Å². The minimum Gasteiger partial charge on any atom is -0.344 e. The fourth-order valence-corrected chi connectivity index (χ4v) is 5.17. The summed E-state index contributed by atoms with van der Waals surface area (Å²) in [6.07, 6.45) is 2.35. The quantitative estimate of drug-likeness (QED) is 0.504. The number of aromatic nitrogens is 2. The van der Waals surface area contributed by atoms with Crippen molar-refractivity contribution in [3.05, 3.63) is 82.5 Å². The van der Waals surface area contributed by atoms with Gasteiger partial charge in [0.15, 0.2) is 0 Å². The number of rotatable bonds is 9. The van der Waals surface area contributed by atoms with Crippen LogP contribution in [0.5, 0.6) is 0 Å². The second kappa shape index (κ2) is 11.0. The lowest BCUT2D eigenvalue weighted by atomic mass is 10.1. The summed E-state index contributed by atoms with van der Waals surface area (Å²) in [7, 11) is -3.44. The largest absolute Gasteiger partial charge is 0.344 e. The molecule has 1 aliphatic heterocycles. The Morgan fingerprint density at radius 2 is 1.76 bits per heavy atom. The van der Waals surface area contributed by atoms with E-state index in [0.29, 0.717) is 13.1 Å². The Morgan fingerprint density at radius 3 is 2.48 bits per heavy atom. The Hall–Kier alpha value is -2.59. The van der Waals surface area contributed by atoms with Crippen molar-refractivity contribution in [3.63, 3.8) is 0 Å². The van der Waals surface area contributed by atoms with Crippen LogP contribution in [0.15, 0.2) is 60.0 Å². The number of anilines is 1. The van der Waals surface area contributed by atoms with Gasteiger partial charge in [-0.15, -0.1) is 0 Å². The Bertz CT molecular complexity index is 1150. The van der Waals surface area contributed by atoms with Crippen molar-refractivity contribution in [1.82, 2.24) is 19.0 Å². The van der Waals surface area contributed by atoms with Crippen molar-refractivity contribution in [1.29, 1.82) is 0 Å². The van der Waals surface area contributed by atoms with Crippen molar-refractivity contribution >= 4 is 32.8 Å². The van der Waals surface area contributed by atoms with Crippen LogP contribution >= 0.6 is 11.5 Å². The maximum Gasteiger partial charge on any atom is 0.233 e. The second-order valence-corrected chi connectivity index (χ2v) is 10.5. The molecule has 9 heteroatoms. The molecule has 1 aliphatic rings. The van der Waals surface area contributed by atoms with Crippen LogP contribution in [0.2, 0.25) is 0 Å². The van der Waals surface area contributed by atoms with Gasteiger partial charge in [-0.2, -0.15) is 4.37 Å². The maximum absolute atomic E-state index is 12.2. The molecule has 2 heterocycles. The van der Waals surface area contributed by atoms with Gasteiger partial charge in [-0.25, -0.2) is 18.1 Å². The Kier molecular flexibility index (Phi) is 7.87. The predicted molar refractivity (Wildman–Crippen MR) is 135 cm³/mol. The van der Waals surface area contributed by atoms with E-state index in [1.54, 1.807) is 6.08 Å². The third kappa shape index (κ3) is 7.20. The fraction of sp³-hybridized carbons (Fsp3) is 0.333. The normalized spacial score (nSPS) is 15.4. The zero-order chi connectivity index (χ0) is 23.1. The molecule has 0 unspecified atom stereocenters. The van der Waals surface area contributed by atoms with Gasteiger partial charge in [-0.05, 0) is 24.1 Å². The van der Waals surface area contributed by atoms with Crippen LogP contribution in [0.25, 0.3) is 6.08 Å². The summed E-state index contributed by atoms with van der Waals surface area (Å²) in [5.41, 5.74) is 3.33. The lowest BCUT2D eigenvalue weighted by Gasteiger charge is -2.34. The molecular formula is C24H29N5O2S2. The Balaban J connectivity index is 1.20. The first-order valence-corrected chi connectivity index (χ1v) is 13.4. The summed E-state index contributed by atoms with van der Waals surface area (Å²) in [4.78, 5) is 9.27. The van der Waals surface area contributed by atoms with Gasteiger partial charge in [0.2, 0.25) is 15.2 Å². The van der Waals surface area contributed by atoms with E-state index in [2.05, 4.69) is 50.1 Å². The predicted octanol–water partition coefficient (Wildman–Crippen LogP) is 3.15. The van der Waals surface area contributed by atoms with Crippen LogP contribution < -0.4 is 9.62 Å². The lowest BCUT2D eigenvalue weighted by Crippen LogP contribution is -2.48. The van der Waals surface area contributed by atoms with Crippen LogP contribution in [0.1, 0.15) is 22.5 Å². The number of aryl methyl sites for hydroxylation is 1. The van der Waals surface area contributed by atoms with Crippen molar-refractivity contribution in [3.8, 4) is 0 Å². The van der Waals surface area contributed by atoms with E-state index in [1.165, 1.54) is 28.1 Å². The van der Waals surface area contributed by atoms with Crippen molar-refractivity contribution < 1.29 is 8.42 Å². The zero-order valence-corrected chi connectivity index (χ0v) is 20.4. The minimum atomic E-state index is -3.44. The monoisotopic (exact) mass is 483 g/mol. The van der Waals surface area contributed by atoms with Gasteiger partial charge in [0, 0.05) is 62.6 Å². The number of nitrogens with one attached hydrogen (secondary N) is 1. The van der Waals surface area contributed by atoms with Gasteiger partial charge in [-0.1, -0.05) is 60.2 Å². The SMILES string of the molecule is Cc1ccc(Cc2nsc(N3CCN(CCNS(=O)(=O)/C=C/c4ccccc4)CC3)n2)cc1. The van der Waals surface area contributed by atoms with Gasteiger partial charge in [0.05, 0.1) is 0 Å². The van der Waals surface area contributed by atoms with E-state index in [4.69, 9.17) is 4.98 Å². The smallest absolute Gasteiger partial charge is 0.233 e. The molecule has 33 heavy (non-hydrogen) atoms. The molecule has 1 N–H and O–H groups in total. The molecule has 0 bridgehead atoms. The standard InChI is InChI=1S/C24H29N5O2S2/c1-20-7-9-22(10-8-20)19-23-26-24(32-27-23)29-16-14-28(15-17-29)13-12-25-33(30,31)18-11-21-5-3-2-4-6-21/h2-11,18,25H,12-17,19H2,1H3/b18-11+. The van der Waals surface area contributed by atoms with E-state index >= 15 is 0 Å².